The van der Waals surface area contributed by atoms with E-state index in [1.54, 1.807) is 14.1 Å². The van der Waals surface area contributed by atoms with Crippen LogP contribution in [-0.4, -0.2) is 50.7 Å². The Morgan fingerprint density at radius 3 is 2.36 bits per heavy atom. The summed E-state index contributed by atoms with van der Waals surface area (Å²) in [5.41, 5.74) is 0. The molecular formula is C14H18F2N2O3S. The zero-order valence-electron chi connectivity index (χ0n) is 12.4. The van der Waals surface area contributed by atoms with Gasteiger partial charge in [0.25, 0.3) is 0 Å². The Hall–Kier alpha value is -1.54. The number of piperidine rings is 1. The summed E-state index contributed by atoms with van der Waals surface area (Å²) in [6, 6.07) is 2.19. The lowest BCUT2D eigenvalue weighted by molar-refractivity contribution is -0.134. The second-order valence-electron chi connectivity index (χ2n) is 5.54. The molecule has 22 heavy (non-hydrogen) atoms. The van der Waals surface area contributed by atoms with Crippen LogP contribution in [-0.2, 0) is 14.8 Å². The number of nitrogens with zero attached hydrogens (tertiary/aromatic N) is 2. The number of hydrogen-bond acceptors (Lipinski definition) is 3. The van der Waals surface area contributed by atoms with E-state index in [4.69, 9.17) is 0 Å². The van der Waals surface area contributed by atoms with Crippen LogP contribution in [0.4, 0.5) is 8.78 Å². The molecule has 0 bridgehead atoms. The summed E-state index contributed by atoms with van der Waals surface area (Å²) >= 11 is 0. The van der Waals surface area contributed by atoms with Gasteiger partial charge in [-0.05, 0) is 25.0 Å². The van der Waals surface area contributed by atoms with Gasteiger partial charge in [0.05, 0.1) is 10.8 Å². The maximum atomic E-state index is 13.3. The second-order valence-corrected chi connectivity index (χ2v) is 7.48. The molecular weight excluding hydrogens is 314 g/mol. The lowest BCUT2D eigenvalue weighted by Gasteiger charge is -2.32. The molecule has 0 spiro atoms. The van der Waals surface area contributed by atoms with Crippen molar-refractivity contribution in [1.29, 1.82) is 0 Å². The molecule has 0 radical (unpaired) electrons. The number of amides is 1. The number of carbonyl (C=O) groups excluding carboxylic acids is 1. The lowest BCUT2D eigenvalue weighted by atomic mass is 9.98. The summed E-state index contributed by atoms with van der Waals surface area (Å²) in [6.07, 6.45) is 1.13. The molecule has 0 N–H and O–H groups in total. The summed E-state index contributed by atoms with van der Waals surface area (Å²) in [5, 5.41) is 0. The van der Waals surface area contributed by atoms with Gasteiger partial charge in [-0.2, -0.15) is 4.31 Å². The molecule has 0 unspecified atom stereocenters. The molecule has 1 fully saturated rings. The van der Waals surface area contributed by atoms with Crippen LogP contribution in [0.25, 0.3) is 0 Å². The summed E-state index contributed by atoms with van der Waals surface area (Å²) in [7, 11) is -0.799. The van der Waals surface area contributed by atoms with Crippen LogP contribution in [0.5, 0.6) is 0 Å². The maximum Gasteiger partial charge on any atom is 0.243 e. The smallest absolute Gasteiger partial charge is 0.243 e. The normalized spacial score (nSPS) is 19.9. The average molecular weight is 332 g/mol. The zero-order chi connectivity index (χ0) is 16.5. The van der Waals surface area contributed by atoms with Gasteiger partial charge in [-0.3, -0.25) is 4.79 Å². The fraction of sp³-hybridized carbons (Fsp3) is 0.500. The molecule has 1 aromatic carbocycles. The van der Waals surface area contributed by atoms with E-state index < -0.39 is 32.5 Å². The van der Waals surface area contributed by atoms with Crippen LogP contribution in [0.2, 0.25) is 0 Å². The highest BCUT2D eigenvalue weighted by Gasteiger charge is 2.34. The standard InChI is InChI=1S/C14H18F2N2O3S/c1-17(2)14(19)10-4-3-5-18(9-10)22(20,21)13-7-11(15)6-12(16)8-13/h6-8,10H,3-5,9H2,1-2H3/t10-/m1/s1. The molecule has 1 aliphatic rings. The summed E-state index contributed by atoms with van der Waals surface area (Å²) in [6.45, 7) is 0.259. The molecule has 1 aromatic rings. The van der Waals surface area contributed by atoms with Gasteiger partial charge in [0, 0.05) is 33.3 Å². The molecule has 1 aliphatic heterocycles. The monoisotopic (exact) mass is 332 g/mol. The number of sulfonamides is 1. The number of rotatable bonds is 3. The van der Waals surface area contributed by atoms with Crippen LogP contribution >= 0.6 is 0 Å². The first-order chi connectivity index (χ1) is 10.2. The third-order valence-electron chi connectivity index (χ3n) is 3.65. The van der Waals surface area contributed by atoms with E-state index in [9.17, 15) is 22.0 Å². The number of carbonyl (C=O) groups is 1. The minimum absolute atomic E-state index is 0.0253. The Morgan fingerprint density at radius 1 is 1.23 bits per heavy atom. The fourth-order valence-electron chi connectivity index (χ4n) is 2.55. The van der Waals surface area contributed by atoms with Crippen LogP contribution < -0.4 is 0 Å². The van der Waals surface area contributed by atoms with E-state index in [1.807, 2.05) is 0 Å². The molecule has 1 saturated heterocycles. The van der Waals surface area contributed by atoms with Crippen molar-refractivity contribution in [3.63, 3.8) is 0 Å². The fourth-order valence-corrected chi connectivity index (χ4v) is 4.12. The van der Waals surface area contributed by atoms with Gasteiger partial charge in [0.1, 0.15) is 11.6 Å². The highest BCUT2D eigenvalue weighted by atomic mass is 32.2. The van der Waals surface area contributed by atoms with Crippen molar-refractivity contribution in [2.75, 3.05) is 27.2 Å². The molecule has 122 valence electrons. The molecule has 0 saturated carbocycles. The summed E-state index contributed by atoms with van der Waals surface area (Å²) in [5.74, 6) is -2.48. The van der Waals surface area contributed by atoms with E-state index in [0.29, 0.717) is 18.9 Å². The van der Waals surface area contributed by atoms with Gasteiger partial charge in [-0.1, -0.05) is 0 Å². The van der Waals surface area contributed by atoms with Gasteiger partial charge < -0.3 is 4.90 Å². The average Bonchev–Trinajstić information content (AvgIpc) is 2.45. The first kappa shape index (κ1) is 16.8. The van der Waals surface area contributed by atoms with Crippen molar-refractivity contribution in [2.45, 2.75) is 17.7 Å². The Kier molecular flexibility index (Phi) is 4.81. The summed E-state index contributed by atoms with van der Waals surface area (Å²) < 4.78 is 52.6. The van der Waals surface area contributed by atoms with Gasteiger partial charge in [-0.25, -0.2) is 17.2 Å². The largest absolute Gasteiger partial charge is 0.349 e. The molecule has 1 atom stereocenters. The topological polar surface area (TPSA) is 57.7 Å². The Bertz CT molecular complexity index is 656. The van der Waals surface area contributed by atoms with Gasteiger partial charge in [0.15, 0.2) is 0 Å². The predicted octanol–water partition coefficient (Wildman–Crippen LogP) is 1.45. The van der Waals surface area contributed by atoms with E-state index in [-0.39, 0.29) is 19.0 Å². The van der Waals surface area contributed by atoms with Crippen molar-refractivity contribution in [3.05, 3.63) is 29.8 Å². The Morgan fingerprint density at radius 2 is 1.82 bits per heavy atom. The first-order valence-electron chi connectivity index (χ1n) is 6.89. The molecule has 0 aromatic heterocycles. The van der Waals surface area contributed by atoms with E-state index in [1.165, 1.54) is 4.90 Å². The highest BCUT2D eigenvalue weighted by molar-refractivity contribution is 7.89. The maximum absolute atomic E-state index is 13.3. The Labute approximate surface area is 128 Å². The summed E-state index contributed by atoms with van der Waals surface area (Å²) in [4.78, 5) is 13.0. The lowest BCUT2D eigenvalue weighted by Crippen LogP contribution is -2.45. The van der Waals surface area contributed by atoms with E-state index in [0.717, 1.165) is 16.4 Å². The molecule has 2 rings (SSSR count). The highest BCUT2D eigenvalue weighted by Crippen LogP contribution is 2.25. The molecule has 5 nitrogen and oxygen atoms in total. The number of benzene rings is 1. The van der Waals surface area contributed by atoms with Gasteiger partial charge in [-0.15, -0.1) is 0 Å². The third kappa shape index (κ3) is 3.44. The Balaban J connectivity index is 2.27. The third-order valence-corrected chi connectivity index (χ3v) is 5.49. The van der Waals surface area contributed by atoms with Crippen molar-refractivity contribution in [2.24, 2.45) is 5.92 Å². The van der Waals surface area contributed by atoms with Crippen molar-refractivity contribution < 1.29 is 22.0 Å². The zero-order valence-corrected chi connectivity index (χ0v) is 13.2. The SMILES string of the molecule is CN(C)C(=O)[C@@H]1CCCN(S(=O)(=O)c2cc(F)cc(F)c2)C1. The van der Waals surface area contributed by atoms with Crippen molar-refractivity contribution >= 4 is 15.9 Å². The van der Waals surface area contributed by atoms with E-state index >= 15 is 0 Å². The van der Waals surface area contributed by atoms with Crippen LogP contribution in [0, 0.1) is 17.6 Å². The molecule has 1 heterocycles. The minimum atomic E-state index is -4.02. The van der Waals surface area contributed by atoms with Gasteiger partial charge >= 0.3 is 0 Å². The second kappa shape index (κ2) is 6.29. The van der Waals surface area contributed by atoms with Crippen molar-refractivity contribution in [1.82, 2.24) is 9.21 Å². The molecule has 0 aliphatic carbocycles. The van der Waals surface area contributed by atoms with E-state index in [2.05, 4.69) is 0 Å². The van der Waals surface area contributed by atoms with Crippen LogP contribution in [0.3, 0.4) is 0 Å². The number of hydrogen-bond donors (Lipinski definition) is 0. The quantitative estimate of drug-likeness (QED) is 0.842. The van der Waals surface area contributed by atoms with Crippen LogP contribution in [0.15, 0.2) is 23.1 Å². The first-order valence-corrected chi connectivity index (χ1v) is 8.33. The minimum Gasteiger partial charge on any atom is -0.349 e. The number of halogens is 2. The van der Waals surface area contributed by atoms with Crippen molar-refractivity contribution in [3.8, 4) is 0 Å². The van der Waals surface area contributed by atoms with Crippen LogP contribution in [0.1, 0.15) is 12.8 Å². The molecule has 8 heteroatoms. The predicted molar refractivity (Wildman–Crippen MR) is 76.5 cm³/mol. The molecule has 1 amide bonds. The van der Waals surface area contributed by atoms with Gasteiger partial charge in [0.2, 0.25) is 15.9 Å².